The van der Waals surface area contributed by atoms with E-state index >= 15 is 0 Å². The van der Waals surface area contributed by atoms with Crippen LogP contribution in [0.15, 0.2) is 18.3 Å². The second kappa shape index (κ2) is 11.3. The number of likely N-dealkylation sites (tertiary alicyclic amines) is 1. The summed E-state index contributed by atoms with van der Waals surface area (Å²) in [6.07, 6.45) is 9.02. The number of Topliss-reactive ketones (excluding diaryl/α,β-unsaturated/α-hetero) is 1. The van der Waals surface area contributed by atoms with Gasteiger partial charge in [-0.1, -0.05) is 30.9 Å². The molecule has 1 saturated heterocycles. The number of nitrogens with zero attached hydrogens (tertiary/aromatic N) is 2. The summed E-state index contributed by atoms with van der Waals surface area (Å²) in [7, 11) is 1.75. The average Bonchev–Trinajstić information content (AvgIpc) is 3.47. The Kier molecular flexibility index (Phi) is 8.41. The van der Waals surface area contributed by atoms with Gasteiger partial charge >= 0.3 is 0 Å². The summed E-state index contributed by atoms with van der Waals surface area (Å²) >= 11 is 6.45. The largest absolute Gasteiger partial charge is 0.345 e. The fraction of sp³-hybridized carbons (Fsp3) is 0.607. The van der Waals surface area contributed by atoms with Gasteiger partial charge in [0.2, 0.25) is 11.8 Å². The van der Waals surface area contributed by atoms with Gasteiger partial charge in [0, 0.05) is 41.3 Å². The smallest absolute Gasteiger partial charge is 0.245 e. The van der Waals surface area contributed by atoms with Crippen molar-refractivity contribution in [2.75, 3.05) is 13.6 Å². The van der Waals surface area contributed by atoms with Gasteiger partial charge in [-0.15, -0.1) is 0 Å². The van der Waals surface area contributed by atoms with E-state index in [1.54, 1.807) is 14.0 Å². The number of carbonyl (C=O) groups excluding carboxylic acids is 3. The zero-order chi connectivity index (χ0) is 26.0. The number of aromatic nitrogens is 1. The molecule has 3 atom stereocenters. The van der Waals surface area contributed by atoms with Crippen LogP contribution in [0.2, 0.25) is 5.02 Å². The SMILES string of the molecule is CN[C@@H](C)C(=O)N[C@H](C(=O)N1CCC[C@H]1Cn1cc(C(C)=O)c2cc(C)c(Cl)cc21)C1CCCCC1. The zero-order valence-corrected chi connectivity index (χ0v) is 22.7. The van der Waals surface area contributed by atoms with Crippen molar-refractivity contribution in [3.63, 3.8) is 0 Å². The molecule has 1 aliphatic heterocycles. The molecule has 0 radical (unpaired) electrons. The van der Waals surface area contributed by atoms with Gasteiger partial charge in [-0.05, 0) is 77.1 Å². The molecule has 196 valence electrons. The van der Waals surface area contributed by atoms with Gasteiger partial charge in [-0.25, -0.2) is 0 Å². The van der Waals surface area contributed by atoms with Crippen molar-refractivity contribution < 1.29 is 14.4 Å². The zero-order valence-electron chi connectivity index (χ0n) is 21.9. The average molecular weight is 515 g/mol. The molecule has 4 rings (SSSR count). The third-order valence-corrected chi connectivity index (χ3v) is 8.53. The first kappa shape index (κ1) is 26.7. The standard InChI is InChI=1S/C28H39ClN4O3/c1-17-13-22-23(19(3)34)16-32(25(22)14-24(17)29)15-21-11-8-12-33(21)28(36)26(20-9-6-5-7-10-20)31-27(35)18(2)30-4/h13-14,16,18,20-21,26,30H,5-12,15H2,1-4H3,(H,31,35)/t18-,21-,26-/m0/s1. The molecule has 1 aromatic carbocycles. The summed E-state index contributed by atoms with van der Waals surface area (Å²) in [6, 6.07) is 3.03. The van der Waals surface area contributed by atoms with Crippen LogP contribution in [0.3, 0.4) is 0 Å². The minimum atomic E-state index is -0.500. The normalized spacial score (nSPS) is 20.5. The Morgan fingerprint density at radius 2 is 1.83 bits per heavy atom. The van der Waals surface area contributed by atoms with Gasteiger partial charge in [-0.3, -0.25) is 14.4 Å². The maximum absolute atomic E-state index is 14.0. The number of ketones is 1. The molecule has 36 heavy (non-hydrogen) atoms. The van der Waals surface area contributed by atoms with Crippen LogP contribution in [-0.2, 0) is 16.1 Å². The number of hydrogen-bond acceptors (Lipinski definition) is 4. The number of amides is 2. The predicted octanol–water partition coefficient (Wildman–Crippen LogP) is 4.47. The monoisotopic (exact) mass is 514 g/mol. The number of benzene rings is 1. The molecule has 1 saturated carbocycles. The van der Waals surface area contributed by atoms with Crippen molar-refractivity contribution in [1.82, 2.24) is 20.1 Å². The maximum atomic E-state index is 14.0. The van der Waals surface area contributed by atoms with Crippen molar-refractivity contribution in [2.24, 2.45) is 5.92 Å². The second-order valence-electron chi connectivity index (χ2n) is 10.6. The minimum absolute atomic E-state index is 0.00213. The van der Waals surface area contributed by atoms with Gasteiger partial charge < -0.3 is 20.1 Å². The fourth-order valence-electron chi connectivity index (χ4n) is 5.83. The molecule has 8 heteroatoms. The Morgan fingerprint density at radius 3 is 2.50 bits per heavy atom. The van der Waals surface area contributed by atoms with Gasteiger partial charge in [0.05, 0.1) is 11.6 Å². The van der Waals surface area contributed by atoms with Crippen LogP contribution in [-0.4, -0.2) is 58.8 Å². The molecule has 2 aromatic rings. The maximum Gasteiger partial charge on any atom is 0.245 e. The molecule has 7 nitrogen and oxygen atoms in total. The quantitative estimate of drug-likeness (QED) is 0.509. The number of rotatable bonds is 8. The first-order valence-corrected chi connectivity index (χ1v) is 13.7. The third-order valence-electron chi connectivity index (χ3n) is 8.12. The molecule has 0 unspecified atom stereocenters. The van der Waals surface area contributed by atoms with Crippen molar-refractivity contribution in [3.05, 3.63) is 34.5 Å². The lowest BCUT2D eigenvalue weighted by Crippen LogP contribution is -2.56. The second-order valence-corrected chi connectivity index (χ2v) is 11.0. The minimum Gasteiger partial charge on any atom is -0.345 e. The van der Waals surface area contributed by atoms with Crippen molar-refractivity contribution >= 4 is 40.1 Å². The number of carbonyl (C=O) groups is 3. The number of likely N-dealkylation sites (N-methyl/N-ethyl adjacent to an activating group) is 1. The highest BCUT2D eigenvalue weighted by atomic mass is 35.5. The lowest BCUT2D eigenvalue weighted by Gasteiger charge is -2.35. The van der Waals surface area contributed by atoms with Crippen LogP contribution in [0.25, 0.3) is 10.9 Å². The summed E-state index contributed by atoms with van der Waals surface area (Å²) < 4.78 is 2.07. The van der Waals surface area contributed by atoms with E-state index in [-0.39, 0.29) is 35.6 Å². The first-order chi connectivity index (χ1) is 17.2. The van der Waals surface area contributed by atoms with E-state index in [0.717, 1.165) is 55.0 Å². The summed E-state index contributed by atoms with van der Waals surface area (Å²) in [6.45, 7) is 6.61. The van der Waals surface area contributed by atoms with Gasteiger partial charge in [0.25, 0.3) is 0 Å². The lowest BCUT2D eigenvalue weighted by atomic mass is 9.83. The van der Waals surface area contributed by atoms with E-state index < -0.39 is 6.04 Å². The topological polar surface area (TPSA) is 83.4 Å². The molecule has 1 aromatic heterocycles. The molecule has 2 aliphatic rings. The highest BCUT2D eigenvalue weighted by Crippen LogP contribution is 2.32. The van der Waals surface area contributed by atoms with Crippen molar-refractivity contribution in [2.45, 2.75) is 90.4 Å². The van der Waals surface area contributed by atoms with Crippen LogP contribution in [0, 0.1) is 12.8 Å². The predicted molar refractivity (Wildman–Crippen MR) is 143 cm³/mol. The lowest BCUT2D eigenvalue weighted by molar-refractivity contribution is -0.139. The molecule has 2 heterocycles. The van der Waals surface area contributed by atoms with Crippen molar-refractivity contribution in [1.29, 1.82) is 0 Å². The van der Waals surface area contributed by atoms with Crippen LogP contribution >= 0.6 is 11.6 Å². The van der Waals surface area contributed by atoms with Crippen molar-refractivity contribution in [3.8, 4) is 0 Å². The van der Waals surface area contributed by atoms with Gasteiger partial charge in [0.1, 0.15) is 6.04 Å². The summed E-state index contributed by atoms with van der Waals surface area (Å²) in [5.74, 6) is 0.0698. The molecule has 2 N–H and O–H groups in total. The molecule has 2 amide bonds. The van der Waals surface area contributed by atoms with E-state index in [1.165, 1.54) is 6.42 Å². The number of hydrogen-bond donors (Lipinski definition) is 2. The van der Waals surface area contributed by atoms with E-state index in [0.29, 0.717) is 23.7 Å². The molecule has 1 aliphatic carbocycles. The summed E-state index contributed by atoms with van der Waals surface area (Å²) in [5.41, 5.74) is 2.52. The van der Waals surface area contributed by atoms with Gasteiger partial charge in [0.15, 0.2) is 5.78 Å². The van der Waals surface area contributed by atoms with Gasteiger partial charge in [-0.2, -0.15) is 0 Å². The molecule has 2 fully saturated rings. The van der Waals surface area contributed by atoms with E-state index in [1.807, 2.05) is 37.1 Å². The Labute approximate surface area is 218 Å². The highest BCUT2D eigenvalue weighted by molar-refractivity contribution is 6.32. The first-order valence-electron chi connectivity index (χ1n) is 13.3. The Balaban J connectivity index is 1.60. The van der Waals surface area contributed by atoms with E-state index in [9.17, 15) is 14.4 Å². The summed E-state index contributed by atoms with van der Waals surface area (Å²) in [5, 5.41) is 7.64. The Bertz CT molecular complexity index is 1140. The fourth-order valence-corrected chi connectivity index (χ4v) is 5.99. The van der Waals surface area contributed by atoms with E-state index in [2.05, 4.69) is 15.2 Å². The molecular weight excluding hydrogens is 476 g/mol. The van der Waals surface area contributed by atoms with E-state index in [4.69, 9.17) is 11.6 Å². The number of halogens is 1. The van der Waals surface area contributed by atoms with Crippen LogP contribution in [0.5, 0.6) is 0 Å². The van der Waals surface area contributed by atoms with Crippen LogP contribution in [0.1, 0.15) is 74.7 Å². The highest BCUT2D eigenvalue weighted by Gasteiger charge is 2.38. The molecular formula is C28H39ClN4O3. The Hall–Kier alpha value is -2.38. The Morgan fingerprint density at radius 1 is 1.11 bits per heavy atom. The summed E-state index contributed by atoms with van der Waals surface area (Å²) in [4.78, 5) is 41.1. The number of fused-ring (bicyclic) bond motifs is 1. The molecule has 0 bridgehead atoms. The van der Waals surface area contributed by atoms with Crippen LogP contribution in [0.4, 0.5) is 0 Å². The third kappa shape index (κ3) is 5.47. The number of aryl methyl sites for hydroxylation is 1. The number of nitrogens with one attached hydrogen (secondary N) is 2. The van der Waals surface area contributed by atoms with Crippen LogP contribution < -0.4 is 10.6 Å². The molecule has 0 spiro atoms.